The number of rotatable bonds is 37. The lowest BCUT2D eigenvalue weighted by Gasteiger charge is -2.40. The molecule has 6 N–H and O–H groups in total. The van der Waals surface area contributed by atoms with Crippen molar-refractivity contribution in [2.45, 2.75) is 243 Å². The number of allylic oxidation sites excluding steroid dienone is 3. The normalized spacial score (nSPS) is 21.6. The van der Waals surface area contributed by atoms with E-state index in [4.69, 9.17) is 9.47 Å². The smallest absolute Gasteiger partial charge is 0.220 e. The summed E-state index contributed by atoms with van der Waals surface area (Å²) in [6, 6.07) is -0.803. The van der Waals surface area contributed by atoms with Crippen LogP contribution in [0.1, 0.15) is 200 Å². The molecule has 0 aliphatic carbocycles. The Balaban J connectivity index is 2.34. The minimum absolute atomic E-state index is 0.182. The maximum Gasteiger partial charge on any atom is 0.220 e. The molecule has 7 unspecified atom stereocenters. The van der Waals surface area contributed by atoms with E-state index in [9.17, 15) is 30.3 Å². The average Bonchev–Trinajstić information content (AvgIpc) is 3.17. The van der Waals surface area contributed by atoms with Gasteiger partial charge in [0.05, 0.1) is 25.4 Å². The topological polar surface area (TPSA) is 149 Å². The molecule has 1 aliphatic heterocycles. The standard InChI is InChI=1S/C45H85NO8/c1-3-5-7-9-11-13-15-17-18-19-20-21-22-23-25-27-29-31-33-35-41(49)46-38(37-53-45-44(52)43(51)42(50)40(36-47)54-45)39(48)34-32-30-28-26-24-16-14-12-10-8-6-4-2/h19-20,32,34,38-40,42-45,47-48,50-52H,3-18,21-31,33,35-37H2,1-2H3,(H,46,49)/b20-19-,34-32+. The third-order valence-electron chi connectivity index (χ3n) is 10.8. The maximum atomic E-state index is 12.9. The molecule has 0 radical (unpaired) electrons. The van der Waals surface area contributed by atoms with E-state index < -0.39 is 49.5 Å². The Morgan fingerprint density at radius 2 is 1.04 bits per heavy atom. The summed E-state index contributed by atoms with van der Waals surface area (Å²) in [5.41, 5.74) is 0. The highest BCUT2D eigenvalue weighted by Gasteiger charge is 2.44. The lowest BCUT2D eigenvalue weighted by atomic mass is 9.99. The Hall–Kier alpha value is -1.33. The summed E-state index contributed by atoms with van der Waals surface area (Å²) >= 11 is 0. The van der Waals surface area contributed by atoms with Crippen LogP contribution in [-0.4, -0.2) is 87.5 Å². The molecule has 1 heterocycles. The van der Waals surface area contributed by atoms with Crippen LogP contribution in [0.2, 0.25) is 0 Å². The summed E-state index contributed by atoms with van der Waals surface area (Å²) in [5.74, 6) is -0.182. The van der Waals surface area contributed by atoms with Crippen LogP contribution < -0.4 is 5.32 Å². The van der Waals surface area contributed by atoms with Crippen molar-refractivity contribution in [2.75, 3.05) is 13.2 Å². The molecule has 0 bridgehead atoms. The van der Waals surface area contributed by atoms with Gasteiger partial charge in [0.1, 0.15) is 24.4 Å². The maximum absolute atomic E-state index is 12.9. The zero-order chi connectivity index (χ0) is 39.5. The predicted molar refractivity (Wildman–Crippen MR) is 221 cm³/mol. The van der Waals surface area contributed by atoms with Crippen molar-refractivity contribution in [1.82, 2.24) is 5.32 Å². The Morgan fingerprint density at radius 3 is 1.50 bits per heavy atom. The van der Waals surface area contributed by atoms with Gasteiger partial charge in [0, 0.05) is 6.42 Å². The molecule has 7 atom stereocenters. The minimum Gasteiger partial charge on any atom is -0.394 e. The van der Waals surface area contributed by atoms with Gasteiger partial charge >= 0.3 is 0 Å². The van der Waals surface area contributed by atoms with Crippen molar-refractivity contribution >= 4 is 5.91 Å². The van der Waals surface area contributed by atoms with Crippen LogP contribution in [0.25, 0.3) is 0 Å². The van der Waals surface area contributed by atoms with Crippen LogP contribution >= 0.6 is 0 Å². The first-order chi connectivity index (χ1) is 26.3. The second-order valence-corrected chi connectivity index (χ2v) is 15.8. The van der Waals surface area contributed by atoms with Gasteiger partial charge in [-0.2, -0.15) is 0 Å². The SMILES string of the molecule is CCCCCCCCCC/C=C\CCCCCCCCCC(=O)NC(COC1OC(CO)C(O)C(O)C1O)C(O)/C=C/CCCCCCCCCCCC. The van der Waals surface area contributed by atoms with E-state index in [0.29, 0.717) is 6.42 Å². The molecule has 9 heteroatoms. The van der Waals surface area contributed by atoms with E-state index in [2.05, 4.69) is 31.3 Å². The van der Waals surface area contributed by atoms with Crippen molar-refractivity contribution in [2.24, 2.45) is 0 Å². The van der Waals surface area contributed by atoms with Gasteiger partial charge in [-0.3, -0.25) is 4.79 Å². The first-order valence-corrected chi connectivity index (χ1v) is 22.6. The van der Waals surface area contributed by atoms with Gasteiger partial charge in [-0.15, -0.1) is 0 Å². The van der Waals surface area contributed by atoms with E-state index >= 15 is 0 Å². The number of carbonyl (C=O) groups is 1. The van der Waals surface area contributed by atoms with Gasteiger partial charge in [-0.25, -0.2) is 0 Å². The molecule has 0 aromatic rings. The fourth-order valence-electron chi connectivity index (χ4n) is 7.09. The van der Waals surface area contributed by atoms with Crippen LogP contribution in [0.3, 0.4) is 0 Å². The summed E-state index contributed by atoms with van der Waals surface area (Å²) in [4.78, 5) is 12.9. The van der Waals surface area contributed by atoms with Gasteiger partial charge in [-0.05, 0) is 44.9 Å². The highest BCUT2D eigenvalue weighted by molar-refractivity contribution is 5.76. The van der Waals surface area contributed by atoms with Gasteiger partial charge < -0.3 is 40.3 Å². The van der Waals surface area contributed by atoms with Gasteiger partial charge in [-0.1, -0.05) is 173 Å². The Bertz CT molecular complexity index is 899. The second-order valence-electron chi connectivity index (χ2n) is 15.8. The zero-order valence-electron chi connectivity index (χ0n) is 34.7. The molecule has 54 heavy (non-hydrogen) atoms. The molecular formula is C45H85NO8. The molecule has 9 nitrogen and oxygen atoms in total. The van der Waals surface area contributed by atoms with Gasteiger partial charge in [0.15, 0.2) is 6.29 Å². The minimum atomic E-state index is -1.56. The monoisotopic (exact) mass is 768 g/mol. The van der Waals surface area contributed by atoms with Gasteiger partial charge in [0.25, 0.3) is 0 Å². The number of hydrogen-bond donors (Lipinski definition) is 6. The number of nitrogens with one attached hydrogen (secondary N) is 1. The molecular weight excluding hydrogens is 682 g/mol. The number of hydrogen-bond acceptors (Lipinski definition) is 8. The molecule has 1 amide bonds. The van der Waals surface area contributed by atoms with E-state index in [0.717, 1.165) is 38.5 Å². The van der Waals surface area contributed by atoms with Crippen LogP contribution in [-0.2, 0) is 14.3 Å². The van der Waals surface area contributed by atoms with E-state index in [1.54, 1.807) is 6.08 Å². The average molecular weight is 768 g/mol. The lowest BCUT2D eigenvalue weighted by Crippen LogP contribution is -2.60. The van der Waals surface area contributed by atoms with Crippen LogP contribution in [0.5, 0.6) is 0 Å². The number of unbranched alkanes of at least 4 members (excludes halogenated alkanes) is 25. The van der Waals surface area contributed by atoms with Gasteiger partial charge in [0.2, 0.25) is 5.91 Å². The highest BCUT2D eigenvalue weighted by atomic mass is 16.7. The second kappa shape index (κ2) is 36.0. The Kier molecular flexibility index (Phi) is 33.8. The number of aliphatic hydroxyl groups is 5. The third kappa shape index (κ3) is 26.5. The molecule has 1 aliphatic rings. The molecule has 0 aromatic heterocycles. The molecule has 1 fully saturated rings. The largest absolute Gasteiger partial charge is 0.394 e. The summed E-state index contributed by atoms with van der Waals surface area (Å²) < 4.78 is 11.2. The van der Waals surface area contributed by atoms with Crippen molar-refractivity contribution in [3.63, 3.8) is 0 Å². The van der Waals surface area contributed by atoms with E-state index in [1.165, 1.54) is 141 Å². The van der Waals surface area contributed by atoms with Crippen LogP contribution in [0, 0.1) is 0 Å². The molecule has 0 saturated carbocycles. The number of ether oxygens (including phenoxy) is 2. The summed E-state index contributed by atoms with van der Waals surface area (Å²) in [5, 5.41) is 54.1. The number of carbonyl (C=O) groups excluding carboxylic acids is 1. The fourth-order valence-corrected chi connectivity index (χ4v) is 7.09. The Morgan fingerprint density at radius 1 is 0.611 bits per heavy atom. The molecule has 0 aromatic carbocycles. The highest BCUT2D eigenvalue weighted by Crippen LogP contribution is 2.22. The van der Waals surface area contributed by atoms with Crippen molar-refractivity contribution in [3.8, 4) is 0 Å². The Labute approximate surface area is 330 Å². The quantitative estimate of drug-likeness (QED) is 0.0271. The fraction of sp³-hybridized carbons (Fsp3) is 0.889. The van der Waals surface area contributed by atoms with Crippen molar-refractivity contribution in [1.29, 1.82) is 0 Å². The lowest BCUT2D eigenvalue weighted by molar-refractivity contribution is -0.302. The third-order valence-corrected chi connectivity index (χ3v) is 10.8. The summed E-state index contributed by atoms with van der Waals surface area (Å²) in [7, 11) is 0. The van der Waals surface area contributed by atoms with Crippen LogP contribution in [0.4, 0.5) is 0 Å². The first kappa shape index (κ1) is 50.7. The first-order valence-electron chi connectivity index (χ1n) is 22.6. The van der Waals surface area contributed by atoms with Crippen molar-refractivity contribution < 1.29 is 39.8 Å². The number of aliphatic hydroxyl groups excluding tert-OH is 5. The molecule has 1 saturated heterocycles. The summed E-state index contributed by atoms with van der Waals surface area (Å²) in [6.07, 6.45) is 35.0. The number of amides is 1. The molecule has 1 rings (SSSR count). The van der Waals surface area contributed by atoms with Crippen LogP contribution in [0.15, 0.2) is 24.3 Å². The molecule has 0 spiro atoms. The predicted octanol–water partition coefficient (Wildman–Crippen LogP) is 9.11. The van der Waals surface area contributed by atoms with E-state index in [-0.39, 0.29) is 12.5 Å². The zero-order valence-corrected chi connectivity index (χ0v) is 34.7. The molecule has 318 valence electrons. The van der Waals surface area contributed by atoms with Crippen molar-refractivity contribution in [3.05, 3.63) is 24.3 Å². The summed E-state index contributed by atoms with van der Waals surface area (Å²) in [6.45, 7) is 3.76. The van der Waals surface area contributed by atoms with E-state index in [1.807, 2.05) is 6.08 Å².